The third-order valence-corrected chi connectivity index (χ3v) is 5.71. The maximum Gasteiger partial charge on any atom is 0.323 e. The first-order valence-corrected chi connectivity index (χ1v) is 9.32. The smallest absolute Gasteiger partial charge is 0.323 e. The summed E-state index contributed by atoms with van der Waals surface area (Å²) in [4.78, 5) is 21.9. The fraction of sp³-hybridized carbons (Fsp3) is 0.375. The van der Waals surface area contributed by atoms with Gasteiger partial charge in [-0.3, -0.25) is 5.32 Å². The minimum absolute atomic E-state index is 0.0635. The molecule has 0 atom stereocenters. The van der Waals surface area contributed by atoms with Crippen molar-refractivity contribution in [1.82, 2.24) is 14.8 Å². The molecule has 7 heteroatoms. The molecule has 0 aliphatic carbocycles. The lowest BCUT2D eigenvalue weighted by Gasteiger charge is -2.20. The number of carbonyl (C=O) groups is 1. The van der Waals surface area contributed by atoms with E-state index in [1.807, 2.05) is 23.1 Å². The van der Waals surface area contributed by atoms with Crippen molar-refractivity contribution in [3.63, 3.8) is 0 Å². The fourth-order valence-corrected chi connectivity index (χ4v) is 4.11. The maximum absolute atomic E-state index is 12.3. The van der Waals surface area contributed by atoms with Gasteiger partial charge in [0.15, 0.2) is 0 Å². The van der Waals surface area contributed by atoms with Crippen LogP contribution in [0.15, 0.2) is 44.9 Å². The van der Waals surface area contributed by atoms with Gasteiger partial charge in [-0.15, -0.1) is 11.3 Å². The number of rotatable bonds is 3. The summed E-state index contributed by atoms with van der Waals surface area (Å²) in [5.74, 6) is 0.600. The number of carbonyl (C=O) groups excluding carboxylic acids is 1. The predicted molar refractivity (Wildman–Crippen MR) is 95.4 cm³/mol. The van der Waals surface area contributed by atoms with Gasteiger partial charge < -0.3 is 9.80 Å². The summed E-state index contributed by atoms with van der Waals surface area (Å²) in [7, 11) is 2.09. The molecule has 2 aromatic rings. The Labute approximate surface area is 144 Å². The van der Waals surface area contributed by atoms with Crippen molar-refractivity contribution in [3.05, 3.63) is 35.8 Å². The van der Waals surface area contributed by atoms with Crippen molar-refractivity contribution in [3.8, 4) is 0 Å². The zero-order valence-electron chi connectivity index (χ0n) is 13.1. The second-order valence-electron chi connectivity index (χ2n) is 5.49. The number of urea groups is 1. The molecule has 1 saturated heterocycles. The Hall–Kier alpha value is -1.57. The average Bonchev–Trinajstić information content (AvgIpc) is 2.95. The van der Waals surface area contributed by atoms with E-state index in [1.165, 1.54) is 4.21 Å². The van der Waals surface area contributed by atoms with Crippen molar-refractivity contribution < 1.29 is 4.79 Å². The van der Waals surface area contributed by atoms with Crippen LogP contribution in [-0.2, 0) is 0 Å². The molecule has 0 bridgehead atoms. The molecule has 0 spiro atoms. The molecule has 0 radical (unpaired) electrons. The molecule has 3 rings (SSSR count). The third-order valence-electron chi connectivity index (χ3n) is 3.69. The lowest BCUT2D eigenvalue weighted by Crippen LogP contribution is -2.37. The molecule has 0 saturated carbocycles. The standard InChI is InChI=1S/C16H20N4OS2/c1-19-7-3-8-20(10-9-19)16(21)18-14-6-5-13(12-17-14)23-15-4-2-11-22-15/h2,4-6,11-12H,3,7-10H2,1H3,(H,17,18,21). The van der Waals surface area contributed by atoms with E-state index >= 15 is 0 Å². The molecule has 1 aliphatic rings. The number of thiophene rings is 1. The van der Waals surface area contributed by atoms with Crippen LogP contribution in [0.4, 0.5) is 10.6 Å². The topological polar surface area (TPSA) is 48.5 Å². The maximum atomic E-state index is 12.3. The first kappa shape index (κ1) is 16.3. The molecule has 122 valence electrons. The monoisotopic (exact) mass is 348 g/mol. The highest BCUT2D eigenvalue weighted by molar-refractivity contribution is 8.01. The highest BCUT2D eigenvalue weighted by Crippen LogP contribution is 2.30. The van der Waals surface area contributed by atoms with E-state index in [0.29, 0.717) is 5.82 Å². The number of nitrogens with one attached hydrogen (secondary N) is 1. The molecule has 1 fully saturated rings. The largest absolute Gasteiger partial charge is 0.323 e. The van der Waals surface area contributed by atoms with Crippen LogP contribution in [-0.4, -0.2) is 54.0 Å². The van der Waals surface area contributed by atoms with Crippen LogP contribution in [0.25, 0.3) is 0 Å². The number of pyridine rings is 1. The van der Waals surface area contributed by atoms with Crippen molar-refractivity contribution in [1.29, 1.82) is 0 Å². The van der Waals surface area contributed by atoms with Gasteiger partial charge in [0.25, 0.3) is 0 Å². The minimum Gasteiger partial charge on any atom is -0.323 e. The van der Waals surface area contributed by atoms with Gasteiger partial charge in [0.1, 0.15) is 5.82 Å². The van der Waals surface area contributed by atoms with Gasteiger partial charge in [-0.05, 0) is 43.6 Å². The van der Waals surface area contributed by atoms with Gasteiger partial charge in [-0.1, -0.05) is 17.8 Å². The zero-order chi connectivity index (χ0) is 16.1. The van der Waals surface area contributed by atoms with Gasteiger partial charge in [-0.25, -0.2) is 9.78 Å². The summed E-state index contributed by atoms with van der Waals surface area (Å²) in [5, 5.41) is 4.95. The molecule has 1 N–H and O–H groups in total. The van der Waals surface area contributed by atoms with E-state index < -0.39 is 0 Å². The third kappa shape index (κ3) is 4.70. The fourth-order valence-electron chi connectivity index (χ4n) is 2.39. The van der Waals surface area contributed by atoms with E-state index in [4.69, 9.17) is 0 Å². The number of anilines is 1. The summed E-state index contributed by atoms with van der Waals surface area (Å²) in [6.45, 7) is 3.51. The van der Waals surface area contributed by atoms with Crippen LogP contribution in [0.1, 0.15) is 6.42 Å². The Balaban J connectivity index is 1.56. The van der Waals surface area contributed by atoms with Crippen LogP contribution in [0, 0.1) is 0 Å². The van der Waals surface area contributed by atoms with Gasteiger partial charge in [0.05, 0.1) is 4.21 Å². The van der Waals surface area contributed by atoms with Crippen molar-refractivity contribution in [2.45, 2.75) is 15.5 Å². The first-order valence-electron chi connectivity index (χ1n) is 7.62. The summed E-state index contributed by atoms with van der Waals surface area (Å²) < 4.78 is 1.23. The lowest BCUT2D eigenvalue weighted by molar-refractivity contribution is 0.213. The van der Waals surface area contributed by atoms with E-state index in [0.717, 1.165) is 37.5 Å². The molecule has 5 nitrogen and oxygen atoms in total. The molecule has 2 aromatic heterocycles. The molecule has 23 heavy (non-hydrogen) atoms. The average molecular weight is 348 g/mol. The van der Waals surface area contributed by atoms with Crippen LogP contribution >= 0.6 is 23.1 Å². The molecule has 1 aliphatic heterocycles. The molecular weight excluding hydrogens is 328 g/mol. The Morgan fingerprint density at radius 1 is 1.26 bits per heavy atom. The van der Waals surface area contributed by atoms with Gasteiger partial charge in [0.2, 0.25) is 0 Å². The number of aromatic nitrogens is 1. The van der Waals surface area contributed by atoms with E-state index in [2.05, 4.69) is 33.7 Å². The van der Waals surface area contributed by atoms with Crippen molar-refractivity contribution in [2.75, 3.05) is 38.5 Å². The Bertz CT molecular complexity index is 630. The summed E-state index contributed by atoms with van der Waals surface area (Å²) in [5.41, 5.74) is 0. The number of hydrogen-bond donors (Lipinski definition) is 1. The van der Waals surface area contributed by atoms with Gasteiger partial charge in [-0.2, -0.15) is 0 Å². The highest BCUT2D eigenvalue weighted by atomic mass is 32.2. The van der Waals surface area contributed by atoms with E-state index in [1.54, 1.807) is 29.3 Å². The Morgan fingerprint density at radius 2 is 2.17 bits per heavy atom. The summed E-state index contributed by atoms with van der Waals surface area (Å²) >= 11 is 3.39. The van der Waals surface area contributed by atoms with Crippen LogP contribution in [0.2, 0.25) is 0 Å². The molecule has 0 aromatic carbocycles. The van der Waals surface area contributed by atoms with E-state index in [-0.39, 0.29) is 6.03 Å². The Morgan fingerprint density at radius 3 is 2.91 bits per heavy atom. The van der Waals surface area contributed by atoms with Crippen LogP contribution in [0.5, 0.6) is 0 Å². The molecule has 0 unspecified atom stereocenters. The van der Waals surface area contributed by atoms with Crippen molar-refractivity contribution in [2.24, 2.45) is 0 Å². The van der Waals surface area contributed by atoms with Crippen molar-refractivity contribution >= 4 is 34.9 Å². The normalized spacial score (nSPS) is 16.1. The number of hydrogen-bond acceptors (Lipinski definition) is 5. The second-order valence-corrected chi connectivity index (χ2v) is 7.81. The number of nitrogens with zero attached hydrogens (tertiary/aromatic N) is 3. The predicted octanol–water partition coefficient (Wildman–Crippen LogP) is 3.46. The number of amides is 2. The SMILES string of the molecule is CN1CCCN(C(=O)Nc2ccc(Sc3cccs3)cn2)CC1. The highest BCUT2D eigenvalue weighted by Gasteiger charge is 2.17. The van der Waals surface area contributed by atoms with Gasteiger partial charge >= 0.3 is 6.03 Å². The van der Waals surface area contributed by atoms with Gasteiger partial charge in [0, 0.05) is 30.7 Å². The van der Waals surface area contributed by atoms with E-state index in [9.17, 15) is 4.79 Å². The molecule has 2 amide bonds. The molecular formula is C16H20N4OS2. The summed E-state index contributed by atoms with van der Waals surface area (Å²) in [6.07, 6.45) is 2.81. The van der Waals surface area contributed by atoms with Crippen LogP contribution < -0.4 is 5.32 Å². The Kier molecular flexibility index (Phi) is 5.53. The number of likely N-dealkylation sites (N-methyl/N-ethyl adjacent to an activating group) is 1. The second kappa shape index (κ2) is 7.81. The lowest BCUT2D eigenvalue weighted by atomic mass is 10.4. The first-order chi connectivity index (χ1) is 11.2. The zero-order valence-corrected chi connectivity index (χ0v) is 14.7. The quantitative estimate of drug-likeness (QED) is 0.923. The molecule has 3 heterocycles. The van der Waals surface area contributed by atoms with Crippen LogP contribution in [0.3, 0.4) is 0 Å². The summed E-state index contributed by atoms with van der Waals surface area (Å²) in [6, 6.07) is 7.90. The minimum atomic E-state index is -0.0635.